The van der Waals surface area contributed by atoms with E-state index in [9.17, 15) is 0 Å². The van der Waals surface area contributed by atoms with Gasteiger partial charge >= 0.3 is 0 Å². The zero-order chi connectivity index (χ0) is 24.2. The lowest BCUT2D eigenvalue weighted by Crippen LogP contribution is -2.18. The summed E-state index contributed by atoms with van der Waals surface area (Å²) in [5.74, 6) is 0. The predicted molar refractivity (Wildman–Crippen MR) is 150 cm³/mol. The Balaban J connectivity index is 1.37. The third-order valence-corrected chi connectivity index (χ3v) is 8.12. The van der Waals surface area contributed by atoms with E-state index in [1.54, 1.807) is 0 Å². The van der Waals surface area contributed by atoms with Crippen LogP contribution in [0.5, 0.6) is 0 Å². The molecule has 0 N–H and O–H groups in total. The van der Waals surface area contributed by atoms with Gasteiger partial charge < -0.3 is 0 Å². The first kappa shape index (κ1) is 21.9. The Labute approximate surface area is 209 Å². The number of aryl methyl sites for hydroxylation is 2. The van der Waals surface area contributed by atoms with E-state index in [1.165, 1.54) is 66.8 Å². The molecule has 0 saturated carbocycles. The third-order valence-electron chi connectivity index (χ3n) is 8.12. The highest BCUT2D eigenvalue weighted by Gasteiger charge is 2.34. The van der Waals surface area contributed by atoms with Crippen molar-refractivity contribution in [3.8, 4) is 22.3 Å². The van der Waals surface area contributed by atoms with E-state index in [0.29, 0.717) is 0 Å². The Morgan fingerprint density at radius 3 is 1.31 bits per heavy atom. The van der Waals surface area contributed by atoms with Crippen LogP contribution in [0.15, 0.2) is 96.1 Å². The average Bonchev–Trinajstić information content (AvgIpc) is 3.50. The fraction of sp³-hybridized carbons (Fsp3) is 0.200. The lowest BCUT2D eigenvalue weighted by Gasteiger charge is -2.28. The minimum atomic E-state index is 0.00708. The Morgan fingerprint density at radius 2 is 0.914 bits per heavy atom. The van der Waals surface area contributed by atoms with Gasteiger partial charge in [0.15, 0.2) is 0 Å². The Bertz CT molecular complexity index is 1370. The van der Waals surface area contributed by atoms with Gasteiger partial charge in [-0.25, -0.2) is 0 Å². The van der Waals surface area contributed by atoms with Crippen LogP contribution >= 0.6 is 0 Å². The predicted octanol–water partition coefficient (Wildman–Crippen LogP) is 9.24. The topological polar surface area (TPSA) is 0 Å². The van der Waals surface area contributed by atoms with Crippen LogP contribution in [0.3, 0.4) is 0 Å². The molecular formula is C35H32. The Morgan fingerprint density at radius 1 is 0.514 bits per heavy atom. The van der Waals surface area contributed by atoms with Crippen molar-refractivity contribution in [2.24, 2.45) is 5.41 Å². The Kier molecular flexibility index (Phi) is 5.15. The van der Waals surface area contributed by atoms with Crippen LogP contribution in [0.1, 0.15) is 47.2 Å². The van der Waals surface area contributed by atoms with E-state index in [2.05, 4.69) is 125 Å². The maximum Gasteiger partial charge on any atom is 0.00773 e. The maximum absolute atomic E-state index is 2.48. The molecule has 0 aliphatic heterocycles. The molecule has 4 aromatic carbocycles. The second-order valence-corrected chi connectivity index (χ2v) is 10.8. The molecule has 0 fully saturated rings. The first-order valence-corrected chi connectivity index (χ1v) is 12.7. The van der Waals surface area contributed by atoms with E-state index < -0.39 is 0 Å². The second kappa shape index (κ2) is 8.24. The minimum absolute atomic E-state index is 0.00708. The van der Waals surface area contributed by atoms with Gasteiger partial charge in [0.25, 0.3) is 0 Å². The van der Waals surface area contributed by atoms with Crippen LogP contribution in [-0.2, 0) is 12.8 Å². The number of allylic oxidation sites excluding steroid dienone is 2. The molecule has 0 heteroatoms. The Hall–Kier alpha value is -3.64. The molecule has 0 saturated heterocycles. The first-order chi connectivity index (χ1) is 16.9. The van der Waals surface area contributed by atoms with Gasteiger partial charge in [-0.1, -0.05) is 133 Å². The summed E-state index contributed by atoms with van der Waals surface area (Å²) in [7, 11) is 0. The van der Waals surface area contributed by atoms with Gasteiger partial charge in [-0.15, -0.1) is 0 Å². The van der Waals surface area contributed by atoms with Crippen molar-refractivity contribution in [1.29, 1.82) is 0 Å². The zero-order valence-electron chi connectivity index (χ0n) is 21.2. The highest BCUT2D eigenvalue weighted by atomic mass is 14.4. The van der Waals surface area contributed by atoms with Crippen LogP contribution in [0.2, 0.25) is 0 Å². The molecule has 0 bridgehead atoms. The van der Waals surface area contributed by atoms with Gasteiger partial charge in [-0.05, 0) is 71.2 Å². The molecular weight excluding hydrogens is 420 g/mol. The van der Waals surface area contributed by atoms with Crippen molar-refractivity contribution in [3.05, 3.63) is 129 Å². The summed E-state index contributed by atoms with van der Waals surface area (Å²) in [6, 6.07) is 31.5. The summed E-state index contributed by atoms with van der Waals surface area (Å²) in [6.07, 6.45) is 7.02. The smallest absolute Gasteiger partial charge is 0.00773 e. The highest BCUT2D eigenvalue weighted by molar-refractivity contribution is 5.84. The van der Waals surface area contributed by atoms with Crippen molar-refractivity contribution >= 4 is 12.2 Å². The molecule has 35 heavy (non-hydrogen) atoms. The normalized spacial score (nSPS) is 14.4. The lowest BCUT2D eigenvalue weighted by atomic mass is 9.75. The quantitative estimate of drug-likeness (QED) is 0.289. The van der Waals surface area contributed by atoms with Crippen molar-refractivity contribution in [3.63, 3.8) is 0 Å². The number of fused-ring (bicyclic) bond motifs is 2. The average molecular weight is 453 g/mol. The molecule has 0 radical (unpaired) electrons. The maximum atomic E-state index is 2.48. The van der Waals surface area contributed by atoms with Crippen LogP contribution in [-0.4, -0.2) is 0 Å². The minimum Gasteiger partial charge on any atom is -0.0613 e. The van der Waals surface area contributed by atoms with Gasteiger partial charge in [0.1, 0.15) is 0 Å². The van der Waals surface area contributed by atoms with E-state index in [0.717, 1.165) is 12.8 Å². The number of hydrogen-bond acceptors (Lipinski definition) is 0. The molecule has 0 nitrogen and oxygen atoms in total. The second-order valence-electron chi connectivity index (χ2n) is 10.8. The lowest BCUT2D eigenvalue weighted by molar-refractivity contribution is 0.526. The molecule has 0 spiro atoms. The fourth-order valence-electron chi connectivity index (χ4n) is 5.71. The first-order valence-electron chi connectivity index (χ1n) is 12.7. The molecule has 0 atom stereocenters. The number of rotatable bonds is 4. The van der Waals surface area contributed by atoms with E-state index >= 15 is 0 Å². The van der Waals surface area contributed by atoms with Crippen LogP contribution in [0, 0.1) is 19.3 Å². The van der Waals surface area contributed by atoms with Gasteiger partial charge in [0, 0.05) is 5.41 Å². The van der Waals surface area contributed by atoms with Gasteiger partial charge in [-0.2, -0.15) is 0 Å². The summed E-state index contributed by atoms with van der Waals surface area (Å²) in [5.41, 5.74) is 16.6. The fourth-order valence-corrected chi connectivity index (χ4v) is 5.71. The van der Waals surface area contributed by atoms with Crippen LogP contribution in [0.4, 0.5) is 0 Å². The van der Waals surface area contributed by atoms with E-state index in [4.69, 9.17) is 0 Å². The number of hydrogen-bond donors (Lipinski definition) is 0. The standard InChI is InChI=1S/C35H32/c1-23-11-15-25(16-12-23)31-9-5-7-27-19-29(21-33(27)31)35(3,4)30-20-28-8-6-10-32(34(28)22-30)26-17-13-24(2)14-18-26/h5-18,21-22H,19-20H2,1-4H3. The van der Waals surface area contributed by atoms with Crippen LogP contribution < -0.4 is 0 Å². The van der Waals surface area contributed by atoms with E-state index in [-0.39, 0.29) is 5.41 Å². The molecule has 0 unspecified atom stereocenters. The van der Waals surface area contributed by atoms with Gasteiger partial charge in [0.05, 0.1) is 0 Å². The molecule has 2 aliphatic carbocycles. The monoisotopic (exact) mass is 452 g/mol. The van der Waals surface area contributed by atoms with Crippen molar-refractivity contribution in [2.75, 3.05) is 0 Å². The summed E-state index contributed by atoms with van der Waals surface area (Å²) in [6.45, 7) is 9.13. The third kappa shape index (κ3) is 3.78. The molecule has 2 aliphatic rings. The van der Waals surface area contributed by atoms with Gasteiger partial charge in [-0.3, -0.25) is 0 Å². The summed E-state index contributed by atoms with van der Waals surface area (Å²) in [4.78, 5) is 0. The van der Waals surface area contributed by atoms with E-state index in [1.807, 2.05) is 0 Å². The summed E-state index contributed by atoms with van der Waals surface area (Å²) in [5, 5.41) is 0. The molecule has 0 aromatic heterocycles. The summed E-state index contributed by atoms with van der Waals surface area (Å²) >= 11 is 0. The largest absolute Gasteiger partial charge is 0.0613 e. The highest BCUT2D eigenvalue weighted by Crippen LogP contribution is 2.48. The van der Waals surface area contributed by atoms with Crippen molar-refractivity contribution in [1.82, 2.24) is 0 Å². The molecule has 0 heterocycles. The SMILES string of the molecule is Cc1ccc(-c2cccc3c2C=C(C(C)(C)C2=Cc4c(cccc4-c4ccc(C)cc4)C2)C3)cc1. The van der Waals surface area contributed by atoms with Crippen molar-refractivity contribution < 1.29 is 0 Å². The molecule has 4 aromatic rings. The molecule has 172 valence electrons. The van der Waals surface area contributed by atoms with Crippen LogP contribution in [0.25, 0.3) is 34.4 Å². The molecule has 6 rings (SSSR count). The number of benzene rings is 4. The zero-order valence-corrected chi connectivity index (χ0v) is 21.2. The van der Waals surface area contributed by atoms with Gasteiger partial charge in [0.2, 0.25) is 0 Å². The molecule has 0 amide bonds. The van der Waals surface area contributed by atoms with Crippen molar-refractivity contribution in [2.45, 2.75) is 40.5 Å². The summed E-state index contributed by atoms with van der Waals surface area (Å²) < 4.78 is 0.